The molecule has 20 heavy (non-hydrogen) atoms. The summed E-state index contributed by atoms with van der Waals surface area (Å²) < 4.78 is 27.4. The summed E-state index contributed by atoms with van der Waals surface area (Å²) in [5.74, 6) is -0.669. The van der Waals surface area contributed by atoms with E-state index in [2.05, 4.69) is 15.9 Å². The van der Waals surface area contributed by atoms with Gasteiger partial charge in [0.25, 0.3) is 0 Å². The Balaban J connectivity index is 2.11. The smallest absolute Gasteiger partial charge is 0.127 e. The van der Waals surface area contributed by atoms with Crippen molar-refractivity contribution in [1.82, 2.24) is 0 Å². The van der Waals surface area contributed by atoms with Crippen LogP contribution < -0.4 is 5.73 Å². The summed E-state index contributed by atoms with van der Waals surface area (Å²) in [5, 5.41) is 0.374. The van der Waals surface area contributed by atoms with Crippen molar-refractivity contribution in [2.45, 2.75) is 18.9 Å². The standard InChI is InChI=1S/C15H13BrClF2N/c16-13-7-10(18)5-4-9(13)6-11(20)8-12-14(17)2-1-3-15(12)19/h1-5,7,11H,6,8,20H2. The summed E-state index contributed by atoms with van der Waals surface area (Å²) in [6.07, 6.45) is 0.834. The Labute approximate surface area is 129 Å². The van der Waals surface area contributed by atoms with Crippen LogP contribution in [-0.4, -0.2) is 6.04 Å². The van der Waals surface area contributed by atoms with Gasteiger partial charge in [0.2, 0.25) is 0 Å². The first-order chi connectivity index (χ1) is 9.47. The summed E-state index contributed by atoms with van der Waals surface area (Å²) in [6, 6.07) is 8.69. The number of halogens is 4. The highest BCUT2D eigenvalue weighted by atomic mass is 79.9. The fraction of sp³-hybridized carbons (Fsp3) is 0.200. The molecular weight excluding hydrogens is 348 g/mol. The van der Waals surface area contributed by atoms with Crippen molar-refractivity contribution in [3.63, 3.8) is 0 Å². The Morgan fingerprint density at radius 2 is 1.90 bits per heavy atom. The van der Waals surface area contributed by atoms with E-state index in [0.29, 0.717) is 27.9 Å². The van der Waals surface area contributed by atoms with Crippen LogP contribution in [0.1, 0.15) is 11.1 Å². The molecular formula is C15H13BrClF2N. The summed E-state index contributed by atoms with van der Waals surface area (Å²) in [7, 11) is 0. The molecule has 0 spiro atoms. The van der Waals surface area contributed by atoms with E-state index < -0.39 is 0 Å². The van der Waals surface area contributed by atoms with Gasteiger partial charge in [0, 0.05) is 21.1 Å². The first kappa shape index (κ1) is 15.4. The van der Waals surface area contributed by atoms with Gasteiger partial charge in [0.1, 0.15) is 11.6 Å². The number of nitrogens with two attached hydrogens (primary N) is 1. The molecule has 2 aromatic rings. The average molecular weight is 361 g/mol. The first-order valence-corrected chi connectivity index (χ1v) is 7.27. The number of hydrogen-bond acceptors (Lipinski definition) is 1. The lowest BCUT2D eigenvalue weighted by molar-refractivity contribution is 0.583. The van der Waals surface area contributed by atoms with Crippen LogP contribution in [0.3, 0.4) is 0 Å². The summed E-state index contributed by atoms with van der Waals surface area (Å²) in [6.45, 7) is 0. The van der Waals surface area contributed by atoms with Gasteiger partial charge in [-0.2, -0.15) is 0 Å². The van der Waals surface area contributed by atoms with Gasteiger partial charge in [-0.15, -0.1) is 0 Å². The van der Waals surface area contributed by atoms with Gasteiger partial charge in [-0.3, -0.25) is 0 Å². The van der Waals surface area contributed by atoms with Crippen molar-refractivity contribution in [2.24, 2.45) is 5.73 Å². The Morgan fingerprint density at radius 1 is 1.15 bits per heavy atom. The van der Waals surface area contributed by atoms with E-state index in [1.165, 1.54) is 18.2 Å². The molecule has 0 fully saturated rings. The van der Waals surface area contributed by atoms with E-state index in [9.17, 15) is 8.78 Å². The van der Waals surface area contributed by atoms with E-state index in [-0.39, 0.29) is 17.7 Å². The Bertz CT molecular complexity index is 599. The van der Waals surface area contributed by atoms with Gasteiger partial charge >= 0.3 is 0 Å². The predicted octanol–water partition coefficient (Wildman–Crippen LogP) is 4.49. The van der Waals surface area contributed by atoms with Crippen molar-refractivity contribution >= 4 is 27.5 Å². The van der Waals surface area contributed by atoms with Crippen molar-refractivity contribution in [3.05, 3.63) is 68.7 Å². The lowest BCUT2D eigenvalue weighted by atomic mass is 9.99. The maximum atomic E-state index is 13.7. The molecule has 1 unspecified atom stereocenters. The molecule has 0 saturated heterocycles. The van der Waals surface area contributed by atoms with E-state index in [1.807, 2.05) is 0 Å². The molecule has 0 aliphatic rings. The van der Waals surface area contributed by atoms with Crippen LogP contribution in [0.4, 0.5) is 8.78 Å². The minimum atomic E-state index is -0.355. The third-order valence-electron chi connectivity index (χ3n) is 3.03. The zero-order valence-electron chi connectivity index (χ0n) is 10.5. The fourth-order valence-corrected chi connectivity index (χ4v) is 2.78. The van der Waals surface area contributed by atoms with Crippen LogP contribution in [0, 0.1) is 11.6 Å². The molecule has 106 valence electrons. The second kappa shape index (κ2) is 6.66. The molecule has 0 amide bonds. The zero-order valence-corrected chi connectivity index (χ0v) is 12.9. The lowest BCUT2D eigenvalue weighted by Gasteiger charge is -2.14. The van der Waals surface area contributed by atoms with Crippen molar-refractivity contribution in [2.75, 3.05) is 0 Å². The Morgan fingerprint density at radius 3 is 2.55 bits per heavy atom. The van der Waals surface area contributed by atoms with Crippen molar-refractivity contribution < 1.29 is 8.78 Å². The normalized spacial score (nSPS) is 12.4. The molecule has 2 aromatic carbocycles. The highest BCUT2D eigenvalue weighted by Gasteiger charge is 2.13. The van der Waals surface area contributed by atoms with Crippen LogP contribution in [0.2, 0.25) is 5.02 Å². The van der Waals surface area contributed by atoms with Crippen LogP contribution in [-0.2, 0) is 12.8 Å². The monoisotopic (exact) mass is 359 g/mol. The van der Waals surface area contributed by atoms with Gasteiger partial charge < -0.3 is 5.73 Å². The van der Waals surface area contributed by atoms with Gasteiger partial charge in [-0.05, 0) is 42.7 Å². The predicted molar refractivity (Wildman–Crippen MR) is 80.9 cm³/mol. The summed E-state index contributed by atoms with van der Waals surface area (Å²) in [5.41, 5.74) is 7.34. The number of hydrogen-bond donors (Lipinski definition) is 1. The molecule has 1 atom stereocenters. The lowest BCUT2D eigenvalue weighted by Crippen LogP contribution is -2.26. The van der Waals surface area contributed by atoms with Crippen LogP contribution in [0.15, 0.2) is 40.9 Å². The highest BCUT2D eigenvalue weighted by molar-refractivity contribution is 9.10. The van der Waals surface area contributed by atoms with Gasteiger partial charge in [0.15, 0.2) is 0 Å². The quantitative estimate of drug-likeness (QED) is 0.854. The van der Waals surface area contributed by atoms with E-state index in [0.717, 1.165) is 5.56 Å². The maximum absolute atomic E-state index is 13.7. The third-order valence-corrected chi connectivity index (χ3v) is 4.12. The average Bonchev–Trinajstić information content (AvgIpc) is 2.37. The molecule has 0 aliphatic carbocycles. The molecule has 1 nitrogen and oxygen atoms in total. The van der Waals surface area contributed by atoms with Crippen molar-refractivity contribution in [1.29, 1.82) is 0 Å². The first-order valence-electron chi connectivity index (χ1n) is 6.09. The van der Waals surface area contributed by atoms with Crippen LogP contribution in [0.5, 0.6) is 0 Å². The molecule has 0 radical (unpaired) electrons. The summed E-state index contributed by atoms with van der Waals surface area (Å²) in [4.78, 5) is 0. The largest absolute Gasteiger partial charge is 0.327 e. The molecule has 0 aliphatic heterocycles. The third kappa shape index (κ3) is 3.78. The minimum absolute atomic E-state index is 0.300. The second-order valence-electron chi connectivity index (χ2n) is 4.60. The molecule has 2 N–H and O–H groups in total. The minimum Gasteiger partial charge on any atom is -0.327 e. The molecule has 0 bridgehead atoms. The van der Waals surface area contributed by atoms with Gasteiger partial charge in [-0.25, -0.2) is 8.78 Å². The zero-order chi connectivity index (χ0) is 14.7. The molecule has 0 aromatic heterocycles. The van der Waals surface area contributed by atoms with E-state index >= 15 is 0 Å². The van der Waals surface area contributed by atoms with Crippen molar-refractivity contribution in [3.8, 4) is 0 Å². The maximum Gasteiger partial charge on any atom is 0.127 e. The number of benzene rings is 2. The van der Waals surface area contributed by atoms with E-state index in [1.54, 1.807) is 18.2 Å². The molecule has 5 heteroatoms. The Kier molecular flexibility index (Phi) is 5.13. The van der Waals surface area contributed by atoms with E-state index in [4.69, 9.17) is 17.3 Å². The molecule has 0 saturated carbocycles. The number of rotatable bonds is 4. The Hall–Kier alpha value is -0.970. The SMILES string of the molecule is NC(Cc1ccc(F)cc1Br)Cc1c(F)cccc1Cl. The highest BCUT2D eigenvalue weighted by Crippen LogP contribution is 2.23. The molecule has 2 rings (SSSR count). The summed E-state index contributed by atoms with van der Waals surface area (Å²) >= 11 is 9.27. The van der Waals surface area contributed by atoms with Crippen LogP contribution in [0.25, 0.3) is 0 Å². The molecule has 0 heterocycles. The van der Waals surface area contributed by atoms with Gasteiger partial charge in [0.05, 0.1) is 0 Å². The fourth-order valence-electron chi connectivity index (χ4n) is 2.03. The van der Waals surface area contributed by atoms with Crippen LogP contribution >= 0.6 is 27.5 Å². The van der Waals surface area contributed by atoms with Gasteiger partial charge in [-0.1, -0.05) is 39.7 Å². The topological polar surface area (TPSA) is 26.0 Å². The second-order valence-corrected chi connectivity index (χ2v) is 5.87.